The van der Waals surface area contributed by atoms with Gasteiger partial charge in [0.1, 0.15) is 10.9 Å². The minimum absolute atomic E-state index is 0.275. The molecule has 0 spiro atoms. The zero-order valence-electron chi connectivity index (χ0n) is 17.1. The summed E-state index contributed by atoms with van der Waals surface area (Å²) >= 11 is 5.90. The average Bonchev–Trinajstić information content (AvgIpc) is 3.30. The van der Waals surface area contributed by atoms with E-state index in [0.29, 0.717) is 31.9 Å². The highest BCUT2D eigenvalue weighted by Gasteiger charge is 2.36. The van der Waals surface area contributed by atoms with Crippen molar-refractivity contribution in [2.75, 3.05) is 30.5 Å². The largest absolute Gasteiger partial charge is 0.494 e. The van der Waals surface area contributed by atoms with Crippen LogP contribution in [-0.4, -0.2) is 54.9 Å². The van der Waals surface area contributed by atoms with Crippen molar-refractivity contribution in [3.63, 3.8) is 0 Å². The quantitative estimate of drug-likeness (QED) is 0.279. The smallest absolute Gasteiger partial charge is 0.304 e. The van der Waals surface area contributed by atoms with Crippen molar-refractivity contribution in [2.24, 2.45) is 5.16 Å². The summed E-state index contributed by atoms with van der Waals surface area (Å²) in [5, 5.41) is 12.6. The number of rotatable bonds is 8. The molecule has 1 aromatic heterocycles. The second-order valence-corrected chi connectivity index (χ2v) is 9.83. The molecule has 0 bridgehead atoms. The van der Waals surface area contributed by atoms with Gasteiger partial charge in [0.2, 0.25) is 0 Å². The molecule has 166 valence electrons. The molecule has 4 rings (SSSR count). The summed E-state index contributed by atoms with van der Waals surface area (Å²) in [5.41, 5.74) is 3.40. The van der Waals surface area contributed by atoms with Gasteiger partial charge in [-0.15, -0.1) is 0 Å². The Morgan fingerprint density at radius 3 is 2.81 bits per heavy atom. The van der Waals surface area contributed by atoms with Crippen LogP contribution in [0.2, 0.25) is 5.15 Å². The summed E-state index contributed by atoms with van der Waals surface area (Å²) in [4.78, 5) is 3.91. The number of aromatic nitrogens is 1. The zero-order chi connectivity index (χ0) is 21.8. The van der Waals surface area contributed by atoms with Crippen LogP contribution in [0.25, 0.3) is 0 Å². The summed E-state index contributed by atoms with van der Waals surface area (Å²) in [6, 6.07) is 9.06. The first-order valence-corrected chi connectivity index (χ1v) is 12.1. The Bertz CT molecular complexity index is 1080. The van der Waals surface area contributed by atoms with Gasteiger partial charge in [0.15, 0.2) is 0 Å². The maximum absolute atomic E-state index is 12.8. The van der Waals surface area contributed by atoms with Crippen molar-refractivity contribution < 1.29 is 18.4 Å². The Hall–Kier alpha value is -2.36. The summed E-state index contributed by atoms with van der Waals surface area (Å²) in [6.45, 7) is 1.94. The number of pyridine rings is 1. The van der Waals surface area contributed by atoms with Crippen LogP contribution >= 0.6 is 11.6 Å². The van der Waals surface area contributed by atoms with Crippen LogP contribution in [0, 0.1) is 0 Å². The lowest BCUT2D eigenvalue weighted by atomic mass is 10.1. The molecule has 2 aromatic rings. The predicted molar refractivity (Wildman–Crippen MR) is 120 cm³/mol. The number of ether oxygens (including phenoxy) is 1. The minimum Gasteiger partial charge on any atom is -0.494 e. The van der Waals surface area contributed by atoms with Gasteiger partial charge in [0, 0.05) is 31.4 Å². The second kappa shape index (κ2) is 9.42. The number of aryl methyl sites for hydroxylation is 1. The summed E-state index contributed by atoms with van der Waals surface area (Å²) in [6.07, 6.45) is 5.61. The Labute approximate surface area is 187 Å². The molecular weight excluding hydrogens is 440 g/mol. The maximum Gasteiger partial charge on any atom is 0.304 e. The first-order valence-electron chi connectivity index (χ1n) is 10.4. The van der Waals surface area contributed by atoms with Gasteiger partial charge in [-0.05, 0) is 68.0 Å². The van der Waals surface area contributed by atoms with Gasteiger partial charge < -0.3 is 9.94 Å². The first-order chi connectivity index (χ1) is 15.0. The lowest BCUT2D eigenvalue weighted by Crippen LogP contribution is -2.33. The monoisotopic (exact) mass is 464 g/mol. The van der Waals surface area contributed by atoms with E-state index in [9.17, 15) is 8.42 Å². The number of anilines is 1. The van der Waals surface area contributed by atoms with Crippen molar-refractivity contribution >= 4 is 33.2 Å². The minimum atomic E-state index is -3.52. The topological polar surface area (TPSA) is 95.3 Å². The van der Waals surface area contributed by atoms with Gasteiger partial charge in [-0.2, -0.15) is 12.7 Å². The van der Waals surface area contributed by atoms with Gasteiger partial charge in [0.05, 0.1) is 18.0 Å². The van der Waals surface area contributed by atoms with Crippen LogP contribution in [0.3, 0.4) is 0 Å². The van der Waals surface area contributed by atoms with Crippen molar-refractivity contribution in [1.29, 1.82) is 0 Å². The SMILES string of the molecule is O=S1(=O)N(CCCCCOc2ccc3c(c2)CCC3=NO)CCN1c1ccnc(Cl)c1. The van der Waals surface area contributed by atoms with Crippen LogP contribution in [0.15, 0.2) is 41.7 Å². The molecule has 31 heavy (non-hydrogen) atoms. The van der Waals surface area contributed by atoms with Crippen LogP contribution in [0.5, 0.6) is 5.75 Å². The van der Waals surface area contributed by atoms with Gasteiger partial charge in [-0.1, -0.05) is 16.8 Å². The number of hydrogen-bond donors (Lipinski definition) is 1. The first kappa shape index (κ1) is 21.9. The highest BCUT2D eigenvalue weighted by Crippen LogP contribution is 2.28. The molecule has 1 aromatic carbocycles. The van der Waals surface area contributed by atoms with E-state index in [1.165, 1.54) is 14.8 Å². The van der Waals surface area contributed by atoms with Crippen molar-refractivity contribution in [3.8, 4) is 5.75 Å². The Morgan fingerprint density at radius 1 is 1.13 bits per heavy atom. The zero-order valence-corrected chi connectivity index (χ0v) is 18.6. The van der Waals surface area contributed by atoms with E-state index >= 15 is 0 Å². The molecule has 2 aliphatic rings. The average molecular weight is 465 g/mol. The number of halogens is 1. The number of benzene rings is 1. The molecule has 1 saturated heterocycles. The summed E-state index contributed by atoms with van der Waals surface area (Å²) in [7, 11) is -3.52. The number of oxime groups is 1. The molecule has 1 fully saturated rings. The van der Waals surface area contributed by atoms with Crippen molar-refractivity contribution in [1.82, 2.24) is 9.29 Å². The molecule has 0 radical (unpaired) electrons. The highest BCUT2D eigenvalue weighted by molar-refractivity contribution is 7.90. The van der Waals surface area contributed by atoms with E-state index in [1.54, 1.807) is 12.1 Å². The molecule has 10 heteroatoms. The van der Waals surface area contributed by atoms with Crippen molar-refractivity contribution in [3.05, 3.63) is 52.8 Å². The number of nitrogens with zero attached hydrogens (tertiary/aromatic N) is 4. The van der Waals surface area contributed by atoms with Gasteiger partial charge in [-0.25, -0.2) is 4.98 Å². The van der Waals surface area contributed by atoms with Crippen molar-refractivity contribution in [2.45, 2.75) is 32.1 Å². The third-order valence-corrected chi connectivity index (χ3v) is 7.79. The Kier molecular flexibility index (Phi) is 6.64. The summed E-state index contributed by atoms with van der Waals surface area (Å²) < 4.78 is 34.3. The third-order valence-electron chi connectivity index (χ3n) is 5.62. The maximum atomic E-state index is 12.8. The van der Waals surface area contributed by atoms with E-state index in [1.807, 2.05) is 18.2 Å². The number of hydrogen-bond acceptors (Lipinski definition) is 6. The molecule has 8 nitrogen and oxygen atoms in total. The fraction of sp³-hybridized carbons (Fsp3) is 0.429. The normalized spacial score (nSPS) is 19.1. The predicted octanol–water partition coefficient (Wildman–Crippen LogP) is 3.48. The van der Waals surface area contributed by atoms with E-state index in [2.05, 4.69) is 10.1 Å². The lowest BCUT2D eigenvalue weighted by Gasteiger charge is -2.20. The standard InChI is InChI=1S/C21H25ClN4O4S/c22-21-15-17(8-9-23-21)26-12-11-25(31(26,28)29)10-2-1-3-13-30-18-5-6-19-16(14-18)4-7-20(19)24-27/h5-6,8-9,14-15,27H,1-4,7,10-13H2. The van der Waals surface area contributed by atoms with E-state index in [4.69, 9.17) is 21.5 Å². The Balaban J connectivity index is 1.20. The second-order valence-electron chi connectivity index (χ2n) is 7.59. The molecule has 1 aliphatic carbocycles. The van der Waals surface area contributed by atoms with E-state index < -0.39 is 10.2 Å². The fourth-order valence-corrected chi connectivity index (χ4v) is 5.82. The fourth-order valence-electron chi connectivity index (χ4n) is 4.01. The molecule has 0 unspecified atom stereocenters. The van der Waals surface area contributed by atoms with Gasteiger partial charge in [0.25, 0.3) is 0 Å². The van der Waals surface area contributed by atoms with Gasteiger partial charge >= 0.3 is 10.2 Å². The molecule has 2 heterocycles. The molecular formula is C21H25ClN4O4S. The van der Waals surface area contributed by atoms with Crippen LogP contribution in [0.4, 0.5) is 5.69 Å². The van der Waals surface area contributed by atoms with Crippen LogP contribution < -0.4 is 9.04 Å². The van der Waals surface area contributed by atoms with Gasteiger partial charge in [-0.3, -0.25) is 4.31 Å². The molecule has 0 amide bonds. The molecule has 1 aliphatic heterocycles. The lowest BCUT2D eigenvalue weighted by molar-refractivity contribution is 0.302. The molecule has 1 N–H and O–H groups in total. The highest BCUT2D eigenvalue weighted by atomic mass is 35.5. The Morgan fingerprint density at radius 2 is 2.00 bits per heavy atom. The number of unbranched alkanes of at least 4 members (excludes halogenated alkanes) is 2. The van der Waals surface area contributed by atoms with Crippen LogP contribution in [0.1, 0.15) is 36.8 Å². The van der Waals surface area contributed by atoms with E-state index in [0.717, 1.165) is 54.7 Å². The third kappa shape index (κ3) is 4.78. The van der Waals surface area contributed by atoms with Crippen LogP contribution in [-0.2, 0) is 16.6 Å². The summed E-state index contributed by atoms with van der Waals surface area (Å²) in [5.74, 6) is 0.812. The number of fused-ring (bicyclic) bond motifs is 1. The molecule has 0 atom stereocenters. The molecule has 0 saturated carbocycles. The van der Waals surface area contributed by atoms with E-state index in [-0.39, 0.29) is 5.15 Å².